The second kappa shape index (κ2) is 10.2. The minimum Gasteiger partial charge on any atom is -0.133 e. The Bertz CT molecular complexity index is 1760. The van der Waals surface area contributed by atoms with Gasteiger partial charge in [-0.15, -0.1) is 34.0 Å². The topological polar surface area (TPSA) is 0 Å². The lowest BCUT2D eigenvalue weighted by Gasteiger charge is -2.12. The lowest BCUT2D eigenvalue weighted by Crippen LogP contribution is -1.98. The molecule has 3 aromatic heterocycles. The van der Waals surface area contributed by atoms with E-state index in [9.17, 15) is 0 Å². The summed E-state index contributed by atoms with van der Waals surface area (Å²) in [6.45, 7) is 0. The highest BCUT2D eigenvalue weighted by molar-refractivity contribution is 7.43. The molecule has 0 aliphatic heterocycles. The van der Waals surface area contributed by atoms with E-state index in [0.29, 0.717) is 0 Å². The number of aryl methyl sites for hydroxylation is 3. The summed E-state index contributed by atoms with van der Waals surface area (Å²) in [5.74, 6) is 0.728. The van der Waals surface area contributed by atoms with Crippen LogP contribution >= 0.6 is 34.0 Å². The average Bonchev–Trinajstić information content (AvgIpc) is 3.58. The highest BCUT2D eigenvalue weighted by Crippen LogP contribution is 2.50. The first-order valence-corrected chi connectivity index (χ1v) is 15.9. The standard InChI is InChI=1S/C34H30S3/c1-3-9-23(10-4-1)13-7-15-25-17-19-27-29(21-25)35-33-31(27)37-32-28-20-18-26(22-30(28)36-34(32)33)16-8-14-24-11-5-2-6-12-24/h1-6,9-11,17-22,24H,7-8,12-16H2. The van der Waals surface area contributed by atoms with Gasteiger partial charge in [-0.05, 0) is 79.7 Å². The minimum absolute atomic E-state index is 0.728. The molecule has 1 unspecified atom stereocenters. The van der Waals surface area contributed by atoms with Crippen molar-refractivity contribution in [1.82, 2.24) is 0 Å². The molecule has 3 heteroatoms. The van der Waals surface area contributed by atoms with Crippen LogP contribution < -0.4 is 0 Å². The SMILES string of the molecule is C1=CCC(CCCc2ccc3c(c2)sc2c3sc3c4ccc(CCCc5ccccc5)cc4sc32)C=C1. The fourth-order valence-electron chi connectivity index (χ4n) is 5.70. The third kappa shape index (κ3) is 4.69. The van der Waals surface area contributed by atoms with Crippen LogP contribution in [0.25, 0.3) is 39.0 Å². The number of rotatable bonds is 8. The van der Waals surface area contributed by atoms with Crippen molar-refractivity contribution in [2.45, 2.75) is 44.9 Å². The number of fused-ring (bicyclic) bond motifs is 7. The van der Waals surface area contributed by atoms with Crippen molar-refractivity contribution >= 4 is 73.0 Å². The van der Waals surface area contributed by atoms with E-state index in [1.165, 1.54) is 87.8 Å². The molecule has 0 fully saturated rings. The van der Waals surface area contributed by atoms with Gasteiger partial charge < -0.3 is 0 Å². The Morgan fingerprint density at radius 3 is 1.89 bits per heavy atom. The van der Waals surface area contributed by atoms with Gasteiger partial charge >= 0.3 is 0 Å². The zero-order valence-corrected chi connectivity index (χ0v) is 23.4. The van der Waals surface area contributed by atoms with Gasteiger partial charge in [-0.1, -0.05) is 78.9 Å². The first kappa shape index (κ1) is 23.4. The molecule has 1 atom stereocenters. The molecule has 1 aliphatic carbocycles. The van der Waals surface area contributed by atoms with Crippen LogP contribution in [0.1, 0.15) is 42.4 Å². The Labute approximate surface area is 230 Å². The Morgan fingerprint density at radius 1 is 0.595 bits per heavy atom. The molecule has 0 N–H and O–H groups in total. The van der Waals surface area contributed by atoms with Crippen molar-refractivity contribution in [3.63, 3.8) is 0 Å². The van der Waals surface area contributed by atoms with E-state index in [1.54, 1.807) is 0 Å². The Kier molecular flexibility index (Phi) is 6.46. The number of thiophene rings is 3. The molecule has 1 aliphatic rings. The zero-order chi connectivity index (χ0) is 24.6. The van der Waals surface area contributed by atoms with Crippen molar-refractivity contribution in [1.29, 1.82) is 0 Å². The van der Waals surface area contributed by atoms with Crippen LogP contribution in [0.4, 0.5) is 0 Å². The number of benzene rings is 3. The van der Waals surface area contributed by atoms with Gasteiger partial charge in [-0.2, -0.15) is 0 Å². The van der Waals surface area contributed by atoms with Crippen LogP contribution in [0.15, 0.2) is 91.0 Å². The van der Waals surface area contributed by atoms with Gasteiger partial charge in [0.25, 0.3) is 0 Å². The van der Waals surface area contributed by atoms with E-state index >= 15 is 0 Å². The molecule has 3 aromatic carbocycles. The summed E-state index contributed by atoms with van der Waals surface area (Å²) in [6, 6.07) is 25.3. The summed E-state index contributed by atoms with van der Waals surface area (Å²) in [5.41, 5.74) is 4.40. The zero-order valence-electron chi connectivity index (χ0n) is 20.9. The molecule has 0 saturated heterocycles. The molecule has 0 nitrogen and oxygen atoms in total. The van der Waals surface area contributed by atoms with E-state index in [2.05, 4.69) is 91.0 Å². The quantitative estimate of drug-likeness (QED) is 0.182. The number of hydrogen-bond acceptors (Lipinski definition) is 3. The molecule has 6 aromatic rings. The van der Waals surface area contributed by atoms with Gasteiger partial charge in [0.05, 0.1) is 18.8 Å². The van der Waals surface area contributed by atoms with Crippen molar-refractivity contribution < 1.29 is 0 Å². The maximum Gasteiger partial charge on any atom is 0.0642 e. The molecule has 7 rings (SSSR count). The van der Waals surface area contributed by atoms with Crippen LogP contribution in [-0.2, 0) is 19.3 Å². The average molecular weight is 535 g/mol. The van der Waals surface area contributed by atoms with Gasteiger partial charge in [0, 0.05) is 20.2 Å². The highest BCUT2D eigenvalue weighted by atomic mass is 32.1. The van der Waals surface area contributed by atoms with Gasteiger partial charge in [-0.25, -0.2) is 0 Å². The molecule has 184 valence electrons. The maximum absolute atomic E-state index is 2.47. The summed E-state index contributed by atoms with van der Waals surface area (Å²) in [4.78, 5) is 0. The van der Waals surface area contributed by atoms with E-state index in [1.807, 2.05) is 34.0 Å². The molecule has 0 spiro atoms. The molecular weight excluding hydrogens is 505 g/mol. The van der Waals surface area contributed by atoms with Gasteiger partial charge in [0.15, 0.2) is 0 Å². The van der Waals surface area contributed by atoms with Crippen LogP contribution in [0, 0.1) is 5.92 Å². The van der Waals surface area contributed by atoms with E-state index in [0.717, 1.165) is 18.8 Å². The Hall–Kier alpha value is -2.72. The highest BCUT2D eigenvalue weighted by Gasteiger charge is 2.17. The van der Waals surface area contributed by atoms with Crippen LogP contribution in [-0.4, -0.2) is 0 Å². The molecule has 0 bridgehead atoms. The first-order chi connectivity index (χ1) is 18.3. The van der Waals surface area contributed by atoms with Crippen LogP contribution in [0.2, 0.25) is 0 Å². The smallest absolute Gasteiger partial charge is 0.0642 e. The van der Waals surface area contributed by atoms with Gasteiger partial charge in [0.1, 0.15) is 0 Å². The van der Waals surface area contributed by atoms with E-state index < -0.39 is 0 Å². The monoisotopic (exact) mass is 534 g/mol. The minimum atomic E-state index is 0.728. The Morgan fingerprint density at radius 2 is 1.24 bits per heavy atom. The van der Waals surface area contributed by atoms with Crippen LogP contribution in [0.5, 0.6) is 0 Å². The van der Waals surface area contributed by atoms with Gasteiger partial charge in [0.2, 0.25) is 0 Å². The summed E-state index contributed by atoms with van der Waals surface area (Å²) in [7, 11) is 0. The second-order valence-corrected chi connectivity index (χ2v) is 13.4. The third-order valence-electron chi connectivity index (χ3n) is 7.71. The third-order valence-corrected chi connectivity index (χ3v) is 11.7. The molecule has 0 amide bonds. The van der Waals surface area contributed by atoms with Gasteiger partial charge in [-0.3, -0.25) is 0 Å². The molecule has 37 heavy (non-hydrogen) atoms. The summed E-state index contributed by atoms with van der Waals surface area (Å²) >= 11 is 6.01. The van der Waals surface area contributed by atoms with E-state index in [4.69, 9.17) is 0 Å². The first-order valence-electron chi connectivity index (χ1n) is 13.5. The summed E-state index contributed by atoms with van der Waals surface area (Å²) in [6.07, 6.45) is 17.5. The lowest BCUT2D eigenvalue weighted by atomic mass is 9.94. The lowest BCUT2D eigenvalue weighted by molar-refractivity contribution is 0.564. The van der Waals surface area contributed by atoms with Crippen LogP contribution in [0.3, 0.4) is 0 Å². The number of allylic oxidation sites excluding steroid dienone is 4. The predicted molar refractivity (Wildman–Crippen MR) is 168 cm³/mol. The van der Waals surface area contributed by atoms with Crippen molar-refractivity contribution in [2.75, 3.05) is 0 Å². The normalized spacial score (nSPS) is 15.6. The maximum atomic E-state index is 2.47. The van der Waals surface area contributed by atoms with Crippen molar-refractivity contribution in [2.24, 2.45) is 5.92 Å². The second-order valence-electron chi connectivity index (χ2n) is 10.3. The summed E-state index contributed by atoms with van der Waals surface area (Å²) in [5, 5.41) is 2.89. The van der Waals surface area contributed by atoms with Crippen molar-refractivity contribution in [3.05, 3.63) is 108 Å². The molecule has 0 radical (unpaired) electrons. The Balaban J connectivity index is 1.11. The summed E-state index contributed by atoms with van der Waals surface area (Å²) < 4.78 is 8.87. The molecule has 3 heterocycles. The van der Waals surface area contributed by atoms with E-state index in [-0.39, 0.29) is 0 Å². The largest absolute Gasteiger partial charge is 0.133 e. The molecular formula is C34H30S3. The number of hydrogen-bond donors (Lipinski definition) is 0. The fourth-order valence-corrected chi connectivity index (χ4v) is 10.1. The molecule has 0 saturated carbocycles. The predicted octanol–water partition coefficient (Wildman–Crippen LogP) is 11.1. The fraction of sp³-hybridized carbons (Fsp3) is 0.235. The van der Waals surface area contributed by atoms with Crippen molar-refractivity contribution in [3.8, 4) is 0 Å².